The highest BCUT2D eigenvalue weighted by atomic mass is 32.2. The second kappa shape index (κ2) is 9.56. The number of aromatic amines is 2. The predicted octanol–water partition coefficient (Wildman–Crippen LogP) is 0.878. The summed E-state index contributed by atoms with van der Waals surface area (Å²) < 4.78 is 5.48. The zero-order chi connectivity index (χ0) is 18.9. The maximum atomic E-state index is 12.0. The number of benzene rings is 1. The van der Waals surface area contributed by atoms with Crippen molar-refractivity contribution in [3.05, 3.63) is 50.7 Å². The number of hydrazone groups is 1. The van der Waals surface area contributed by atoms with Gasteiger partial charge < -0.3 is 4.74 Å². The van der Waals surface area contributed by atoms with Gasteiger partial charge in [0.1, 0.15) is 5.75 Å². The highest BCUT2D eigenvalue weighted by molar-refractivity contribution is 8.00. The number of amides is 1. The van der Waals surface area contributed by atoms with Gasteiger partial charge in [-0.2, -0.15) is 10.2 Å². The molecule has 3 N–H and O–H groups in total. The number of thioether (sulfide) groups is 1. The third-order valence-corrected chi connectivity index (χ3v) is 4.15. The molecule has 0 aliphatic carbocycles. The van der Waals surface area contributed by atoms with Crippen molar-refractivity contribution >= 4 is 23.9 Å². The maximum absolute atomic E-state index is 12.0. The van der Waals surface area contributed by atoms with E-state index in [1.165, 1.54) is 6.21 Å². The second-order valence-electron chi connectivity index (χ2n) is 5.22. The van der Waals surface area contributed by atoms with E-state index in [0.717, 1.165) is 29.5 Å². The fraction of sp³-hybridized carbons (Fsp3) is 0.312. The predicted molar refractivity (Wildman–Crippen MR) is 98.8 cm³/mol. The van der Waals surface area contributed by atoms with Crippen molar-refractivity contribution in [3.8, 4) is 5.75 Å². The Hall–Kier alpha value is -2.88. The van der Waals surface area contributed by atoms with Crippen molar-refractivity contribution in [2.75, 3.05) is 6.61 Å². The Kier molecular flexibility index (Phi) is 7.15. The zero-order valence-electron chi connectivity index (χ0n) is 14.3. The van der Waals surface area contributed by atoms with Crippen LogP contribution in [-0.4, -0.2) is 39.2 Å². The molecule has 0 radical (unpaired) electrons. The van der Waals surface area contributed by atoms with E-state index < -0.39 is 22.4 Å². The number of rotatable bonds is 8. The molecule has 0 saturated heterocycles. The van der Waals surface area contributed by atoms with Gasteiger partial charge in [-0.15, -0.1) is 0 Å². The van der Waals surface area contributed by atoms with E-state index in [9.17, 15) is 14.4 Å². The Bertz CT molecular complexity index is 875. The van der Waals surface area contributed by atoms with Crippen LogP contribution in [0.2, 0.25) is 0 Å². The zero-order valence-corrected chi connectivity index (χ0v) is 15.1. The highest BCUT2D eigenvalue weighted by Crippen LogP contribution is 2.16. The van der Waals surface area contributed by atoms with E-state index >= 15 is 0 Å². The van der Waals surface area contributed by atoms with Gasteiger partial charge in [0.25, 0.3) is 11.5 Å². The highest BCUT2D eigenvalue weighted by Gasteiger charge is 2.16. The quantitative estimate of drug-likeness (QED) is 0.356. The number of hydrogen-bond donors (Lipinski definition) is 3. The molecular formula is C16H19N5O4S. The van der Waals surface area contributed by atoms with Crippen LogP contribution in [0.15, 0.2) is 44.0 Å². The van der Waals surface area contributed by atoms with Crippen molar-refractivity contribution in [2.24, 2.45) is 5.10 Å². The molecule has 0 spiro atoms. The van der Waals surface area contributed by atoms with Crippen molar-refractivity contribution in [1.29, 1.82) is 0 Å². The lowest BCUT2D eigenvalue weighted by Crippen LogP contribution is -2.30. The van der Waals surface area contributed by atoms with Gasteiger partial charge in [-0.3, -0.25) is 14.6 Å². The molecule has 138 valence electrons. The summed E-state index contributed by atoms with van der Waals surface area (Å²) in [4.78, 5) is 36.5. The standard InChI is InChI=1S/C16H19N5O4S/c1-3-8-25-12-6-4-11(5-7-12)9-17-19-13(22)10(2)26-15-14(23)18-16(24)21-20-15/h4-7,9-10H,3,8H2,1-2H3,(H,19,22)(H2,18,21,23,24)/b17-9+. The molecule has 0 bridgehead atoms. The minimum atomic E-state index is -0.702. The topological polar surface area (TPSA) is 129 Å². The average Bonchev–Trinajstić information content (AvgIpc) is 2.63. The fourth-order valence-electron chi connectivity index (χ4n) is 1.77. The van der Waals surface area contributed by atoms with E-state index in [2.05, 4.69) is 20.7 Å². The van der Waals surface area contributed by atoms with E-state index in [1.807, 2.05) is 36.2 Å². The maximum Gasteiger partial charge on any atom is 0.342 e. The average molecular weight is 377 g/mol. The van der Waals surface area contributed by atoms with Gasteiger partial charge in [-0.05, 0) is 43.2 Å². The Morgan fingerprint density at radius 1 is 1.38 bits per heavy atom. The summed E-state index contributed by atoms with van der Waals surface area (Å²) in [6.45, 7) is 4.29. The van der Waals surface area contributed by atoms with E-state index in [1.54, 1.807) is 6.92 Å². The smallest absolute Gasteiger partial charge is 0.342 e. The van der Waals surface area contributed by atoms with Crippen molar-refractivity contribution in [2.45, 2.75) is 30.5 Å². The summed E-state index contributed by atoms with van der Waals surface area (Å²) in [7, 11) is 0. The number of carbonyl (C=O) groups excluding carboxylic acids is 1. The molecule has 2 aromatic rings. The van der Waals surface area contributed by atoms with Gasteiger partial charge in [0.15, 0.2) is 5.03 Å². The lowest BCUT2D eigenvalue weighted by atomic mass is 10.2. The van der Waals surface area contributed by atoms with Crippen LogP contribution in [0.3, 0.4) is 0 Å². The Labute approximate surface area is 153 Å². The number of ether oxygens (including phenoxy) is 1. The van der Waals surface area contributed by atoms with Gasteiger partial charge >= 0.3 is 5.69 Å². The van der Waals surface area contributed by atoms with Crippen LogP contribution in [0.4, 0.5) is 0 Å². The van der Waals surface area contributed by atoms with E-state index in [4.69, 9.17) is 4.74 Å². The van der Waals surface area contributed by atoms with Crippen molar-refractivity contribution in [1.82, 2.24) is 20.6 Å². The lowest BCUT2D eigenvalue weighted by Gasteiger charge is -2.07. The molecule has 10 heteroatoms. The van der Waals surface area contributed by atoms with Crippen LogP contribution in [-0.2, 0) is 4.79 Å². The van der Waals surface area contributed by atoms with Crippen molar-refractivity contribution < 1.29 is 9.53 Å². The van der Waals surface area contributed by atoms with Crippen LogP contribution in [0.25, 0.3) is 0 Å². The van der Waals surface area contributed by atoms with Crippen LogP contribution in [0.5, 0.6) is 5.75 Å². The Morgan fingerprint density at radius 3 is 2.77 bits per heavy atom. The summed E-state index contributed by atoms with van der Waals surface area (Å²) >= 11 is 0.915. The van der Waals surface area contributed by atoms with Crippen molar-refractivity contribution in [3.63, 3.8) is 0 Å². The van der Waals surface area contributed by atoms with Gasteiger partial charge in [0.05, 0.1) is 18.1 Å². The Balaban J connectivity index is 1.87. The second-order valence-corrected chi connectivity index (χ2v) is 6.55. The fourth-order valence-corrected chi connectivity index (χ4v) is 2.52. The first-order chi connectivity index (χ1) is 12.5. The normalized spacial score (nSPS) is 12.1. The number of nitrogens with zero attached hydrogens (tertiary/aromatic N) is 2. The molecule has 0 saturated carbocycles. The summed E-state index contributed by atoms with van der Waals surface area (Å²) in [6.07, 6.45) is 2.44. The molecule has 2 rings (SSSR count). The number of hydrogen-bond acceptors (Lipinski definition) is 7. The molecule has 26 heavy (non-hydrogen) atoms. The summed E-state index contributed by atoms with van der Waals surface area (Å²) in [5.41, 5.74) is 1.85. The minimum Gasteiger partial charge on any atom is -0.494 e. The molecule has 1 aromatic carbocycles. The summed E-state index contributed by atoms with van der Waals surface area (Å²) in [5, 5.41) is 8.98. The summed E-state index contributed by atoms with van der Waals surface area (Å²) in [6, 6.07) is 7.29. The first kappa shape index (κ1) is 19.4. The molecule has 1 atom stereocenters. The third-order valence-electron chi connectivity index (χ3n) is 3.08. The first-order valence-corrected chi connectivity index (χ1v) is 8.79. The minimum absolute atomic E-state index is 0.00102. The molecule has 0 fully saturated rings. The molecule has 1 heterocycles. The molecule has 1 aromatic heterocycles. The molecule has 9 nitrogen and oxygen atoms in total. The van der Waals surface area contributed by atoms with Gasteiger partial charge in [-0.1, -0.05) is 18.7 Å². The van der Waals surface area contributed by atoms with Gasteiger partial charge in [-0.25, -0.2) is 15.3 Å². The Morgan fingerprint density at radius 2 is 2.12 bits per heavy atom. The van der Waals surface area contributed by atoms with Crippen LogP contribution >= 0.6 is 11.8 Å². The molecule has 1 amide bonds. The SMILES string of the molecule is CCCOc1ccc(/C=N/NC(=O)C(C)Sc2n[nH]c(=O)[nH]c2=O)cc1. The number of carbonyl (C=O) groups is 1. The number of aromatic nitrogens is 3. The van der Waals surface area contributed by atoms with E-state index in [0.29, 0.717) is 6.61 Å². The van der Waals surface area contributed by atoms with E-state index in [-0.39, 0.29) is 5.03 Å². The largest absolute Gasteiger partial charge is 0.494 e. The number of nitrogens with one attached hydrogen (secondary N) is 3. The molecule has 1 unspecified atom stereocenters. The molecule has 0 aliphatic heterocycles. The monoisotopic (exact) mass is 377 g/mol. The van der Waals surface area contributed by atoms with Crippen LogP contribution in [0.1, 0.15) is 25.8 Å². The van der Waals surface area contributed by atoms with Gasteiger partial charge in [0, 0.05) is 0 Å². The summed E-state index contributed by atoms with van der Waals surface area (Å²) in [5.74, 6) is 0.373. The lowest BCUT2D eigenvalue weighted by molar-refractivity contribution is -0.120. The van der Waals surface area contributed by atoms with Gasteiger partial charge in [0.2, 0.25) is 0 Å². The molecule has 0 aliphatic rings. The molecular weight excluding hydrogens is 358 g/mol. The van der Waals surface area contributed by atoms with Crippen LogP contribution < -0.4 is 21.4 Å². The number of H-pyrrole nitrogens is 2. The third kappa shape index (κ3) is 5.88. The van der Waals surface area contributed by atoms with Crippen LogP contribution in [0, 0.1) is 0 Å². The first-order valence-electron chi connectivity index (χ1n) is 7.91.